The molecule has 2 aromatic heterocycles. The molecular weight excluding hydrogens is 615 g/mol. The molecule has 9 nitrogen and oxygen atoms in total. The van der Waals surface area contributed by atoms with Gasteiger partial charge in [-0.1, -0.05) is 17.7 Å². The van der Waals surface area contributed by atoms with Crippen LogP contribution in [-0.4, -0.2) is 60.6 Å². The van der Waals surface area contributed by atoms with E-state index < -0.39 is 23.7 Å². The van der Waals surface area contributed by atoms with E-state index in [4.69, 9.17) is 16.3 Å². The lowest BCUT2D eigenvalue weighted by Crippen LogP contribution is -2.38. The molecule has 240 valence electrons. The van der Waals surface area contributed by atoms with Gasteiger partial charge in [0.25, 0.3) is 5.91 Å². The van der Waals surface area contributed by atoms with Crippen LogP contribution in [0.1, 0.15) is 62.7 Å². The number of anilines is 2. The van der Waals surface area contributed by atoms with Gasteiger partial charge in [-0.15, -0.1) is 0 Å². The highest BCUT2D eigenvalue weighted by atomic mass is 35.5. The van der Waals surface area contributed by atoms with Crippen LogP contribution >= 0.6 is 23.5 Å². The summed E-state index contributed by atoms with van der Waals surface area (Å²) in [4.78, 5) is 24.0. The maximum Gasteiger partial charge on any atom is 0.394 e. The van der Waals surface area contributed by atoms with Gasteiger partial charge in [0.2, 0.25) is 0 Å². The highest BCUT2D eigenvalue weighted by Crippen LogP contribution is 2.59. The fourth-order valence-corrected chi connectivity index (χ4v) is 6.44. The Morgan fingerprint density at radius 3 is 2.73 bits per heavy atom. The molecule has 2 fully saturated rings. The fourth-order valence-electron chi connectivity index (χ4n) is 5.61. The molecule has 44 heavy (non-hydrogen) atoms. The molecule has 1 amide bonds. The molecule has 0 aromatic carbocycles. The maximum atomic E-state index is 13.1. The van der Waals surface area contributed by atoms with Crippen LogP contribution < -0.4 is 25.4 Å². The van der Waals surface area contributed by atoms with Crippen molar-refractivity contribution in [3.63, 3.8) is 0 Å². The van der Waals surface area contributed by atoms with Gasteiger partial charge in [-0.05, 0) is 95.2 Å². The second-order valence-corrected chi connectivity index (χ2v) is 13.6. The summed E-state index contributed by atoms with van der Waals surface area (Å²) in [7, 11) is 2.02. The smallest absolute Gasteiger partial charge is 0.360 e. The molecule has 1 saturated carbocycles. The van der Waals surface area contributed by atoms with Crippen LogP contribution in [0.5, 0.6) is 0 Å². The van der Waals surface area contributed by atoms with Crippen LogP contribution in [0.25, 0.3) is 0 Å². The van der Waals surface area contributed by atoms with E-state index in [1.54, 1.807) is 29.4 Å². The van der Waals surface area contributed by atoms with E-state index in [2.05, 4.69) is 44.2 Å². The van der Waals surface area contributed by atoms with Crippen molar-refractivity contribution in [1.82, 2.24) is 25.4 Å². The molecule has 3 aliphatic rings. The molecular formula is C30H39ClF3N7O2S. The molecule has 0 bridgehead atoms. The number of halogens is 4. The summed E-state index contributed by atoms with van der Waals surface area (Å²) in [6.07, 6.45) is 2.21. The number of aromatic nitrogens is 2. The third-order valence-corrected chi connectivity index (χ3v) is 9.47. The van der Waals surface area contributed by atoms with Crippen molar-refractivity contribution in [2.45, 2.75) is 75.3 Å². The topological polar surface area (TPSA) is 94.7 Å². The Morgan fingerprint density at radius 1 is 1.25 bits per heavy atom. The number of nitrogens with one attached hydrogen (secondary N) is 3. The van der Waals surface area contributed by atoms with Gasteiger partial charge >= 0.3 is 6.18 Å². The largest absolute Gasteiger partial charge is 0.394 e. The molecule has 2 unspecified atom stereocenters. The highest BCUT2D eigenvalue weighted by Gasteiger charge is 2.62. The summed E-state index contributed by atoms with van der Waals surface area (Å²) in [5.74, 6) is 1.52. The Hall–Kier alpha value is -2.58. The first-order valence-corrected chi connectivity index (χ1v) is 16.0. The van der Waals surface area contributed by atoms with E-state index in [-0.39, 0.29) is 42.1 Å². The molecule has 0 spiro atoms. The maximum absolute atomic E-state index is 13.1. The number of pyridine rings is 2. The molecule has 0 radical (unpaired) electrons. The van der Waals surface area contributed by atoms with Crippen molar-refractivity contribution in [2.24, 2.45) is 11.3 Å². The summed E-state index contributed by atoms with van der Waals surface area (Å²) in [6.45, 7) is 6.44. The minimum atomic E-state index is -4.20. The van der Waals surface area contributed by atoms with Crippen molar-refractivity contribution in [2.75, 3.05) is 36.7 Å². The Balaban J connectivity index is 1.06. The predicted octanol–water partition coefficient (Wildman–Crippen LogP) is 6.09. The number of hydrogen-bond donors (Lipinski definition) is 3. The summed E-state index contributed by atoms with van der Waals surface area (Å²) in [5, 5.41) is 5.77. The molecule has 2 aliphatic heterocycles. The van der Waals surface area contributed by atoms with Crippen molar-refractivity contribution in [1.29, 1.82) is 0 Å². The first-order valence-electron chi connectivity index (χ1n) is 14.8. The summed E-state index contributed by atoms with van der Waals surface area (Å²) in [6, 6.07) is 8.87. The third-order valence-electron chi connectivity index (χ3n) is 8.46. The van der Waals surface area contributed by atoms with Crippen molar-refractivity contribution in [3.8, 4) is 0 Å². The molecule has 2 aromatic rings. The number of carbonyl (C=O) groups excluding carboxylic acids is 1. The average Bonchev–Trinajstić information content (AvgIpc) is 3.50. The van der Waals surface area contributed by atoms with Gasteiger partial charge in [0.1, 0.15) is 28.0 Å². The Morgan fingerprint density at radius 2 is 2.05 bits per heavy atom. The van der Waals surface area contributed by atoms with Crippen LogP contribution in [0.15, 0.2) is 47.6 Å². The van der Waals surface area contributed by atoms with Gasteiger partial charge < -0.3 is 15.0 Å². The Bertz CT molecular complexity index is 1360. The fraction of sp³-hybridized carbons (Fsp3) is 0.567. The van der Waals surface area contributed by atoms with E-state index in [0.717, 1.165) is 37.3 Å². The minimum Gasteiger partial charge on any atom is -0.360 e. The van der Waals surface area contributed by atoms with Crippen LogP contribution in [0.2, 0.25) is 5.15 Å². The molecule has 2 atom stereocenters. The summed E-state index contributed by atoms with van der Waals surface area (Å²) in [5.41, 5.74) is 1.82. The second-order valence-electron chi connectivity index (χ2n) is 12.4. The number of hydrogen-bond acceptors (Lipinski definition) is 9. The lowest BCUT2D eigenvalue weighted by Gasteiger charge is -2.22. The summed E-state index contributed by atoms with van der Waals surface area (Å²) < 4.78 is 47.8. The zero-order chi connectivity index (χ0) is 31.5. The van der Waals surface area contributed by atoms with Gasteiger partial charge in [0.05, 0.1) is 11.0 Å². The monoisotopic (exact) mass is 653 g/mol. The Labute approximate surface area is 265 Å². The molecule has 5 rings (SSSR count). The van der Waals surface area contributed by atoms with Crippen LogP contribution in [0.3, 0.4) is 0 Å². The van der Waals surface area contributed by atoms with Crippen molar-refractivity contribution in [3.05, 3.63) is 53.3 Å². The highest BCUT2D eigenvalue weighted by molar-refractivity contribution is 7.97. The van der Waals surface area contributed by atoms with Crippen molar-refractivity contribution < 1.29 is 22.7 Å². The molecule has 1 aliphatic carbocycles. The number of nitrogens with zero attached hydrogens (tertiary/aromatic N) is 4. The normalized spacial score (nSPS) is 21.9. The molecule has 3 N–H and O–H groups in total. The van der Waals surface area contributed by atoms with Gasteiger partial charge in [-0.25, -0.2) is 9.97 Å². The predicted molar refractivity (Wildman–Crippen MR) is 166 cm³/mol. The molecule has 1 saturated heterocycles. The lowest BCUT2D eigenvalue weighted by atomic mass is 9.94. The van der Waals surface area contributed by atoms with Crippen LogP contribution in [-0.2, 0) is 4.74 Å². The summed E-state index contributed by atoms with van der Waals surface area (Å²) >= 11 is 7.46. The van der Waals surface area contributed by atoms with E-state index in [1.807, 2.05) is 25.2 Å². The number of hydrazine groups is 1. The first-order chi connectivity index (χ1) is 20.8. The Kier molecular flexibility index (Phi) is 10.0. The zero-order valence-corrected chi connectivity index (χ0v) is 26.7. The molecule has 14 heteroatoms. The van der Waals surface area contributed by atoms with E-state index in [9.17, 15) is 18.0 Å². The van der Waals surface area contributed by atoms with E-state index in [1.165, 1.54) is 12.8 Å². The lowest BCUT2D eigenvalue weighted by molar-refractivity contribution is -0.192. The standard InChI is InChI=1S/C30H39ClF3N7O2S/c1-28(2)18-20(19-35-28)6-5-15-40(3)22-7-4-8-25(36-22)44-39-27(42)21-9-10-23(37-26(21)31)41-16-11-24(38-41)43-17-14-29(12-13-29)30(32,33)34/h4,7-11,16,20,24,35,38H,5-6,12-15,17-19H2,1-3H3,(H,39,42). The SMILES string of the molecule is CN(CCCC1CNC(C)(C)C1)c1cccc(SNC(=O)c2ccc(N3C=CC(OCCC4(C(F)(F)F)CC4)N3)nc2Cl)n1. The third kappa shape index (κ3) is 8.16. The van der Waals surface area contributed by atoms with E-state index >= 15 is 0 Å². The average molecular weight is 654 g/mol. The second kappa shape index (κ2) is 13.4. The quantitative estimate of drug-likeness (QED) is 0.176. The zero-order valence-electron chi connectivity index (χ0n) is 25.1. The number of carbonyl (C=O) groups is 1. The van der Waals surface area contributed by atoms with Gasteiger partial charge in [-0.2, -0.15) is 18.6 Å². The first kappa shape index (κ1) is 32.8. The van der Waals surface area contributed by atoms with Gasteiger partial charge in [-0.3, -0.25) is 14.5 Å². The number of ether oxygens (including phenoxy) is 1. The van der Waals surface area contributed by atoms with Crippen molar-refractivity contribution >= 4 is 41.1 Å². The van der Waals surface area contributed by atoms with E-state index in [0.29, 0.717) is 16.8 Å². The van der Waals surface area contributed by atoms with Gasteiger partial charge in [0.15, 0.2) is 0 Å². The number of alkyl halides is 3. The minimum absolute atomic E-state index is 0.00307. The van der Waals surface area contributed by atoms with Crippen LogP contribution in [0.4, 0.5) is 24.8 Å². The van der Waals surface area contributed by atoms with Crippen LogP contribution in [0, 0.1) is 11.3 Å². The number of amides is 1. The van der Waals surface area contributed by atoms with Gasteiger partial charge in [0, 0.05) is 43.9 Å². The number of rotatable bonds is 13. The molecule has 4 heterocycles.